The van der Waals surface area contributed by atoms with Crippen molar-refractivity contribution in [2.75, 3.05) is 18.0 Å². The zero-order chi connectivity index (χ0) is 12.8. The predicted octanol–water partition coefficient (Wildman–Crippen LogP) is 2.14. The van der Waals surface area contributed by atoms with E-state index in [1.54, 1.807) is 0 Å². The van der Waals surface area contributed by atoms with Crippen LogP contribution in [-0.4, -0.2) is 30.7 Å². The van der Waals surface area contributed by atoms with Crippen molar-refractivity contribution in [3.8, 4) is 0 Å². The van der Waals surface area contributed by atoms with Crippen molar-refractivity contribution in [3.63, 3.8) is 0 Å². The Labute approximate surface area is 112 Å². The quantitative estimate of drug-likeness (QED) is 0.513. The van der Waals surface area contributed by atoms with Gasteiger partial charge in [0.05, 0.1) is 10.8 Å². The number of rotatable bonds is 4. The fourth-order valence-electron chi connectivity index (χ4n) is 2.19. The van der Waals surface area contributed by atoms with Crippen molar-refractivity contribution in [1.82, 2.24) is 5.32 Å². The summed E-state index contributed by atoms with van der Waals surface area (Å²) < 4.78 is 0. The van der Waals surface area contributed by atoms with Crippen LogP contribution < -0.4 is 10.2 Å². The highest BCUT2D eigenvalue weighted by Crippen LogP contribution is 2.22. The largest absolute Gasteiger partial charge is 0.371 e. The molecule has 18 heavy (non-hydrogen) atoms. The molecular weight excluding hydrogens is 246 g/mol. The fourth-order valence-corrected chi connectivity index (χ4v) is 2.30. The number of hydrogen-bond acceptors (Lipinski definition) is 4. The third kappa shape index (κ3) is 3.15. The molecule has 5 heteroatoms. The van der Waals surface area contributed by atoms with Gasteiger partial charge in [-0.1, -0.05) is 0 Å². The molecule has 1 aromatic carbocycles. The summed E-state index contributed by atoms with van der Waals surface area (Å²) in [6.07, 6.45) is 2.76. The van der Waals surface area contributed by atoms with Crippen LogP contribution in [0.4, 0.5) is 11.4 Å². The van der Waals surface area contributed by atoms with Crippen molar-refractivity contribution in [2.24, 2.45) is 4.99 Å². The summed E-state index contributed by atoms with van der Waals surface area (Å²) in [6, 6.07) is 8.27. The lowest BCUT2D eigenvalue weighted by molar-refractivity contribution is -0.110. The van der Waals surface area contributed by atoms with Crippen molar-refractivity contribution in [3.05, 3.63) is 24.3 Å². The summed E-state index contributed by atoms with van der Waals surface area (Å²) in [5, 5.41) is 5.20. The smallest absolute Gasteiger partial charge is 0.207 e. The number of aliphatic imine (C=N–C) groups is 1. The Balaban J connectivity index is 1.96. The zero-order valence-electron chi connectivity index (χ0n) is 10.0. The van der Waals surface area contributed by atoms with Crippen LogP contribution in [0.3, 0.4) is 0 Å². The maximum atomic E-state index is 10.4. The first kappa shape index (κ1) is 12.7. The summed E-state index contributed by atoms with van der Waals surface area (Å²) in [7, 11) is 0. The summed E-state index contributed by atoms with van der Waals surface area (Å²) in [5.41, 5.74) is 2.01. The Morgan fingerprint density at radius 1 is 1.33 bits per heavy atom. The van der Waals surface area contributed by atoms with Gasteiger partial charge in [-0.05, 0) is 49.3 Å². The van der Waals surface area contributed by atoms with Gasteiger partial charge < -0.3 is 10.2 Å². The van der Waals surface area contributed by atoms with Gasteiger partial charge in [-0.15, -0.1) is 0 Å². The molecule has 0 atom stereocenters. The molecule has 0 aliphatic carbocycles. The van der Waals surface area contributed by atoms with Crippen molar-refractivity contribution in [1.29, 1.82) is 0 Å². The molecule has 0 saturated carbocycles. The third-order valence-electron chi connectivity index (χ3n) is 3.19. The Hall–Kier alpha value is -1.71. The molecule has 0 radical (unpaired) electrons. The van der Waals surface area contributed by atoms with Crippen molar-refractivity contribution in [2.45, 2.75) is 18.9 Å². The minimum absolute atomic E-state index is 0.317. The molecule has 1 amide bonds. The lowest BCUT2D eigenvalue weighted by Gasteiger charge is -2.33. The number of nitrogens with one attached hydrogen (secondary N) is 1. The van der Waals surface area contributed by atoms with E-state index in [4.69, 9.17) is 0 Å². The summed E-state index contributed by atoms with van der Waals surface area (Å²) in [4.78, 5) is 16.6. The molecule has 1 N–H and O–H groups in total. The van der Waals surface area contributed by atoms with E-state index in [0.29, 0.717) is 6.04 Å². The normalized spacial score (nSPS) is 15.9. The van der Waals surface area contributed by atoms with Gasteiger partial charge in [0.15, 0.2) is 0 Å². The second kappa shape index (κ2) is 6.28. The lowest BCUT2D eigenvalue weighted by atomic mass is 10.0. The van der Waals surface area contributed by atoms with Crippen LogP contribution in [0.2, 0.25) is 0 Å². The number of thiocarbonyl (C=S) groups is 1. The van der Waals surface area contributed by atoms with Gasteiger partial charge in [0.1, 0.15) is 0 Å². The molecule has 0 unspecified atom stereocenters. The van der Waals surface area contributed by atoms with Crippen LogP contribution >= 0.6 is 12.2 Å². The maximum absolute atomic E-state index is 10.4. The second-order valence-electron chi connectivity index (χ2n) is 4.27. The lowest BCUT2D eigenvalue weighted by Crippen LogP contribution is -2.42. The first-order valence-electron chi connectivity index (χ1n) is 5.96. The molecule has 0 spiro atoms. The Morgan fingerprint density at radius 2 is 2.00 bits per heavy atom. The van der Waals surface area contributed by atoms with E-state index in [0.717, 1.165) is 38.0 Å². The van der Waals surface area contributed by atoms with Gasteiger partial charge in [-0.2, -0.15) is 4.99 Å². The molecule has 1 fully saturated rings. The van der Waals surface area contributed by atoms with Gasteiger partial charge in [-0.3, -0.25) is 4.79 Å². The van der Waals surface area contributed by atoms with E-state index in [1.807, 2.05) is 24.3 Å². The number of benzene rings is 1. The van der Waals surface area contributed by atoms with Crippen molar-refractivity contribution >= 4 is 35.2 Å². The average Bonchev–Trinajstić information content (AvgIpc) is 2.41. The number of hydrogen-bond donors (Lipinski definition) is 1. The molecular formula is C13H15N3OS. The first-order valence-corrected chi connectivity index (χ1v) is 6.37. The van der Waals surface area contributed by atoms with E-state index in [2.05, 4.69) is 32.6 Å². The third-order valence-corrected chi connectivity index (χ3v) is 3.28. The molecule has 1 heterocycles. The average molecular weight is 261 g/mol. The van der Waals surface area contributed by atoms with Gasteiger partial charge in [-0.25, -0.2) is 0 Å². The Morgan fingerprint density at radius 3 is 2.56 bits per heavy atom. The number of nitrogens with zero attached hydrogens (tertiary/aromatic N) is 2. The highest BCUT2D eigenvalue weighted by Gasteiger charge is 2.18. The number of isothiocyanates is 1. The van der Waals surface area contributed by atoms with Crippen molar-refractivity contribution < 1.29 is 4.79 Å². The number of carbonyl (C=O) groups excluding carboxylic acids is 1. The van der Waals surface area contributed by atoms with Crippen LogP contribution in [0.25, 0.3) is 0 Å². The molecule has 4 nitrogen and oxygen atoms in total. The van der Waals surface area contributed by atoms with E-state index >= 15 is 0 Å². The van der Waals surface area contributed by atoms with Gasteiger partial charge in [0.2, 0.25) is 6.41 Å². The topological polar surface area (TPSA) is 44.7 Å². The standard InChI is InChI=1S/C13H15N3OS/c17-9-14-12-5-7-16(8-6-12)13-3-1-11(2-4-13)15-10-18/h1-4,9,12H,5-8H2,(H,14,17). The van der Waals surface area contributed by atoms with Crippen LogP contribution in [0, 0.1) is 0 Å². The van der Waals surface area contributed by atoms with E-state index in [1.165, 1.54) is 5.69 Å². The molecule has 0 aromatic heterocycles. The fraction of sp³-hybridized carbons (Fsp3) is 0.385. The number of amides is 1. The molecule has 2 rings (SSSR count). The molecule has 0 bridgehead atoms. The van der Waals surface area contributed by atoms with E-state index < -0.39 is 0 Å². The highest BCUT2D eigenvalue weighted by atomic mass is 32.1. The number of piperidine rings is 1. The molecule has 1 aliphatic rings. The highest BCUT2D eigenvalue weighted by molar-refractivity contribution is 7.78. The Kier molecular flexibility index (Phi) is 4.45. The van der Waals surface area contributed by atoms with Crippen LogP contribution in [0.1, 0.15) is 12.8 Å². The molecule has 1 aliphatic heterocycles. The number of anilines is 1. The number of carbonyl (C=O) groups is 1. The van der Waals surface area contributed by atoms with Gasteiger partial charge in [0.25, 0.3) is 0 Å². The first-order chi connectivity index (χ1) is 8.83. The van der Waals surface area contributed by atoms with Crippen LogP contribution in [-0.2, 0) is 4.79 Å². The Bertz CT molecular complexity index is 446. The summed E-state index contributed by atoms with van der Waals surface area (Å²) in [5.74, 6) is 0. The second-order valence-corrected chi connectivity index (χ2v) is 4.45. The van der Waals surface area contributed by atoms with Crippen LogP contribution in [0.5, 0.6) is 0 Å². The minimum Gasteiger partial charge on any atom is -0.371 e. The molecule has 94 valence electrons. The van der Waals surface area contributed by atoms with Gasteiger partial charge >= 0.3 is 0 Å². The monoisotopic (exact) mass is 261 g/mol. The van der Waals surface area contributed by atoms with E-state index in [-0.39, 0.29) is 0 Å². The van der Waals surface area contributed by atoms with Crippen LogP contribution in [0.15, 0.2) is 29.3 Å². The zero-order valence-corrected chi connectivity index (χ0v) is 10.8. The summed E-state index contributed by atoms with van der Waals surface area (Å²) >= 11 is 4.57. The maximum Gasteiger partial charge on any atom is 0.207 e. The molecule has 1 saturated heterocycles. The minimum atomic E-state index is 0.317. The molecule has 1 aromatic rings. The van der Waals surface area contributed by atoms with E-state index in [9.17, 15) is 4.79 Å². The SMILES string of the molecule is O=CNC1CCN(c2ccc(N=C=S)cc2)CC1. The predicted molar refractivity (Wildman–Crippen MR) is 75.6 cm³/mol. The summed E-state index contributed by atoms with van der Waals surface area (Å²) in [6.45, 7) is 1.92. The van der Waals surface area contributed by atoms with Gasteiger partial charge in [0, 0.05) is 24.8 Å².